The summed E-state index contributed by atoms with van der Waals surface area (Å²) in [6.45, 7) is 1.81. The fourth-order valence-electron chi connectivity index (χ4n) is 2.79. The quantitative estimate of drug-likeness (QED) is 0.638. The maximum atomic E-state index is 12.7. The molecule has 1 amide bonds. The van der Waals surface area contributed by atoms with E-state index in [9.17, 15) is 22.8 Å². The Morgan fingerprint density at radius 2 is 1.73 bits per heavy atom. The van der Waals surface area contributed by atoms with Crippen molar-refractivity contribution in [3.8, 4) is 0 Å². The van der Waals surface area contributed by atoms with E-state index in [1.807, 2.05) is 0 Å². The van der Waals surface area contributed by atoms with Gasteiger partial charge in [0.25, 0.3) is 5.91 Å². The van der Waals surface area contributed by atoms with Crippen LogP contribution in [-0.4, -0.2) is 32.0 Å². The first-order chi connectivity index (χ1) is 14.1. The third-order valence-corrected chi connectivity index (χ3v) is 4.47. The Balaban J connectivity index is 1.69. The molecule has 0 aliphatic rings. The van der Waals surface area contributed by atoms with E-state index in [1.54, 1.807) is 19.1 Å². The van der Waals surface area contributed by atoms with Crippen molar-refractivity contribution in [2.75, 3.05) is 0 Å². The number of carbonyl (C=O) groups excluding carboxylic acids is 1. The minimum absolute atomic E-state index is 0.0720. The lowest BCUT2D eigenvalue weighted by atomic mass is 10.1. The molecule has 156 valence electrons. The Morgan fingerprint density at radius 3 is 2.30 bits per heavy atom. The van der Waals surface area contributed by atoms with Gasteiger partial charge in [-0.3, -0.25) is 4.79 Å². The van der Waals surface area contributed by atoms with E-state index in [0.29, 0.717) is 11.1 Å². The van der Waals surface area contributed by atoms with Gasteiger partial charge < -0.3 is 10.4 Å². The van der Waals surface area contributed by atoms with Crippen LogP contribution in [0.25, 0.3) is 0 Å². The summed E-state index contributed by atoms with van der Waals surface area (Å²) < 4.78 is 39.3. The van der Waals surface area contributed by atoms with Gasteiger partial charge in [0.15, 0.2) is 0 Å². The van der Waals surface area contributed by atoms with Gasteiger partial charge in [0, 0.05) is 0 Å². The highest BCUT2D eigenvalue weighted by Crippen LogP contribution is 2.29. The van der Waals surface area contributed by atoms with Gasteiger partial charge in [0.05, 0.1) is 29.9 Å². The molecule has 1 atom stereocenters. The molecule has 0 spiro atoms. The summed E-state index contributed by atoms with van der Waals surface area (Å²) in [5.74, 6) is -1.52. The summed E-state index contributed by atoms with van der Waals surface area (Å²) in [6.07, 6.45) is -3.16. The number of alkyl halides is 3. The molecule has 0 radical (unpaired) electrons. The second-order valence-corrected chi connectivity index (χ2v) is 6.59. The van der Waals surface area contributed by atoms with Crippen molar-refractivity contribution < 1.29 is 27.9 Å². The second kappa shape index (κ2) is 8.36. The van der Waals surface area contributed by atoms with Gasteiger partial charge in [-0.2, -0.15) is 13.2 Å². The molecule has 1 unspecified atom stereocenters. The zero-order valence-corrected chi connectivity index (χ0v) is 15.7. The zero-order chi connectivity index (χ0) is 21.9. The van der Waals surface area contributed by atoms with Crippen LogP contribution < -0.4 is 5.32 Å². The van der Waals surface area contributed by atoms with Gasteiger partial charge in [-0.25, -0.2) is 9.48 Å². The van der Waals surface area contributed by atoms with Crippen molar-refractivity contribution in [1.82, 2.24) is 20.3 Å². The average Bonchev–Trinajstić information content (AvgIpc) is 3.16. The minimum atomic E-state index is -4.42. The zero-order valence-electron chi connectivity index (χ0n) is 15.7. The number of aromatic nitrogens is 3. The summed E-state index contributed by atoms with van der Waals surface area (Å²) in [5, 5.41) is 19.3. The van der Waals surface area contributed by atoms with Crippen LogP contribution in [0, 0.1) is 0 Å². The normalized spacial score (nSPS) is 12.4. The van der Waals surface area contributed by atoms with E-state index in [0.717, 1.165) is 12.1 Å². The average molecular weight is 418 g/mol. The largest absolute Gasteiger partial charge is 0.478 e. The number of carbonyl (C=O) groups is 2. The summed E-state index contributed by atoms with van der Waals surface area (Å²) in [5.41, 5.74) is 0.750. The van der Waals surface area contributed by atoms with Crippen LogP contribution in [0.4, 0.5) is 13.2 Å². The van der Waals surface area contributed by atoms with E-state index in [4.69, 9.17) is 5.11 Å². The Hall–Kier alpha value is -3.69. The van der Waals surface area contributed by atoms with E-state index >= 15 is 0 Å². The lowest BCUT2D eigenvalue weighted by molar-refractivity contribution is -0.137. The van der Waals surface area contributed by atoms with Crippen molar-refractivity contribution >= 4 is 11.9 Å². The molecule has 3 aromatic rings. The predicted octanol–water partition coefficient (Wildman–Crippen LogP) is 3.53. The van der Waals surface area contributed by atoms with Crippen LogP contribution in [0.2, 0.25) is 0 Å². The van der Waals surface area contributed by atoms with Crippen molar-refractivity contribution in [3.05, 3.63) is 82.7 Å². The van der Waals surface area contributed by atoms with Gasteiger partial charge in [0.2, 0.25) is 0 Å². The van der Waals surface area contributed by atoms with Gasteiger partial charge in [0.1, 0.15) is 5.69 Å². The van der Waals surface area contributed by atoms with Gasteiger partial charge in [-0.1, -0.05) is 29.5 Å². The molecule has 1 heterocycles. The van der Waals surface area contributed by atoms with Crippen LogP contribution >= 0.6 is 0 Å². The molecule has 0 saturated carbocycles. The highest BCUT2D eigenvalue weighted by Gasteiger charge is 2.30. The van der Waals surface area contributed by atoms with Crippen LogP contribution in [-0.2, 0) is 12.7 Å². The molecule has 2 aromatic carbocycles. The molecule has 1 aromatic heterocycles. The summed E-state index contributed by atoms with van der Waals surface area (Å²) in [7, 11) is 0. The molecule has 2 N–H and O–H groups in total. The lowest BCUT2D eigenvalue weighted by Gasteiger charge is -2.15. The molecule has 10 heteroatoms. The second-order valence-electron chi connectivity index (χ2n) is 6.59. The number of carboxylic acids is 1. The van der Waals surface area contributed by atoms with Crippen molar-refractivity contribution in [1.29, 1.82) is 0 Å². The third-order valence-electron chi connectivity index (χ3n) is 4.47. The van der Waals surface area contributed by atoms with Crippen LogP contribution in [0.1, 0.15) is 50.5 Å². The molecular formula is C20H17F3N4O3. The van der Waals surface area contributed by atoms with Gasteiger partial charge in [-0.15, -0.1) is 5.10 Å². The number of carboxylic acid groups (broad SMARTS) is 1. The SMILES string of the molecule is CC(NC(=O)c1cnnn1Cc1ccc(C(F)(F)F)cc1)c1ccc(C(=O)O)cc1. The number of nitrogens with one attached hydrogen (secondary N) is 1. The summed E-state index contributed by atoms with van der Waals surface area (Å²) in [4.78, 5) is 23.5. The van der Waals surface area contributed by atoms with E-state index in [-0.39, 0.29) is 17.8 Å². The highest BCUT2D eigenvalue weighted by molar-refractivity contribution is 5.92. The van der Waals surface area contributed by atoms with E-state index in [1.165, 1.54) is 35.1 Å². The van der Waals surface area contributed by atoms with Gasteiger partial charge >= 0.3 is 12.1 Å². The molecule has 30 heavy (non-hydrogen) atoms. The van der Waals surface area contributed by atoms with Crippen molar-refractivity contribution in [2.24, 2.45) is 0 Å². The van der Waals surface area contributed by atoms with Crippen LogP contribution in [0.15, 0.2) is 54.7 Å². The number of nitrogens with zero attached hydrogens (tertiary/aromatic N) is 3. The minimum Gasteiger partial charge on any atom is -0.478 e. The summed E-state index contributed by atoms with van der Waals surface area (Å²) >= 11 is 0. The smallest absolute Gasteiger partial charge is 0.416 e. The fourth-order valence-corrected chi connectivity index (χ4v) is 2.79. The molecule has 0 aliphatic heterocycles. The van der Waals surface area contributed by atoms with Crippen molar-refractivity contribution in [3.63, 3.8) is 0 Å². The summed E-state index contributed by atoms with van der Waals surface area (Å²) in [6, 6.07) is 10.2. The van der Waals surface area contributed by atoms with E-state index in [2.05, 4.69) is 15.6 Å². The highest BCUT2D eigenvalue weighted by atomic mass is 19.4. The number of amides is 1. The first-order valence-electron chi connectivity index (χ1n) is 8.84. The number of hydrogen-bond acceptors (Lipinski definition) is 4. The molecular weight excluding hydrogens is 401 g/mol. The number of benzene rings is 2. The number of rotatable bonds is 6. The topological polar surface area (TPSA) is 97.1 Å². The maximum absolute atomic E-state index is 12.7. The monoisotopic (exact) mass is 418 g/mol. The number of halogens is 3. The molecule has 0 saturated heterocycles. The maximum Gasteiger partial charge on any atom is 0.416 e. The van der Waals surface area contributed by atoms with Gasteiger partial charge in [-0.05, 0) is 42.3 Å². The fraction of sp³-hybridized carbons (Fsp3) is 0.200. The Morgan fingerprint density at radius 1 is 1.10 bits per heavy atom. The molecule has 0 aliphatic carbocycles. The third kappa shape index (κ3) is 4.83. The lowest BCUT2D eigenvalue weighted by Crippen LogP contribution is -2.29. The first-order valence-corrected chi connectivity index (χ1v) is 8.84. The predicted molar refractivity (Wildman–Crippen MR) is 99.9 cm³/mol. The Kier molecular flexibility index (Phi) is 5.86. The first kappa shape index (κ1) is 21.0. The molecule has 7 nitrogen and oxygen atoms in total. The Labute approximate surface area is 169 Å². The Bertz CT molecular complexity index is 1040. The number of hydrogen-bond donors (Lipinski definition) is 2. The standard InChI is InChI=1S/C20H17F3N4O3/c1-12(14-4-6-15(7-5-14)19(29)30)25-18(28)17-10-24-26-27(17)11-13-2-8-16(9-3-13)20(21,22)23/h2-10,12H,11H2,1H3,(H,25,28)(H,29,30). The molecule has 3 rings (SSSR count). The number of aromatic carboxylic acids is 1. The molecule has 0 fully saturated rings. The van der Waals surface area contributed by atoms with Crippen LogP contribution in [0.5, 0.6) is 0 Å². The van der Waals surface area contributed by atoms with E-state index < -0.39 is 29.7 Å². The molecule has 0 bridgehead atoms. The van der Waals surface area contributed by atoms with Crippen molar-refractivity contribution in [2.45, 2.75) is 25.7 Å². The van der Waals surface area contributed by atoms with Crippen LogP contribution in [0.3, 0.4) is 0 Å².